The van der Waals surface area contributed by atoms with Crippen LogP contribution < -0.4 is 10.2 Å². The highest BCUT2D eigenvalue weighted by molar-refractivity contribution is 6.16. The Morgan fingerprint density at radius 1 is 0.962 bits per heavy atom. The molecule has 0 aliphatic carbocycles. The topological polar surface area (TPSA) is 91.2 Å². The van der Waals surface area contributed by atoms with E-state index in [9.17, 15) is 9.90 Å². The van der Waals surface area contributed by atoms with Crippen LogP contribution in [0.3, 0.4) is 0 Å². The van der Waals surface area contributed by atoms with E-state index < -0.39 is 5.91 Å². The van der Waals surface area contributed by atoms with Crippen LogP contribution in [0.2, 0.25) is 0 Å². The lowest BCUT2D eigenvalue weighted by Gasteiger charge is -2.11. The zero-order valence-corrected chi connectivity index (χ0v) is 13.5. The highest BCUT2D eigenvalue weighted by Gasteiger charge is 2.22. The molecular formula is C20H14N2O4. The summed E-state index contributed by atoms with van der Waals surface area (Å²) in [6.45, 7) is 0. The number of fused-ring (bicyclic) bond motifs is 2. The molecule has 3 aromatic carbocycles. The number of carbonyl (C=O) groups excluding carboxylic acids is 1. The molecule has 1 aliphatic rings. The maximum atomic E-state index is 11.5. The Bertz CT molecular complexity index is 1030. The lowest BCUT2D eigenvalue weighted by atomic mass is 9.99. The molecule has 1 aliphatic heterocycles. The van der Waals surface area contributed by atoms with Gasteiger partial charge in [0.2, 0.25) is 0 Å². The summed E-state index contributed by atoms with van der Waals surface area (Å²) in [7, 11) is 0. The molecule has 6 nitrogen and oxygen atoms in total. The molecule has 0 atom stereocenters. The fourth-order valence-electron chi connectivity index (χ4n) is 2.81. The molecule has 6 heteroatoms. The van der Waals surface area contributed by atoms with Crippen LogP contribution >= 0.6 is 0 Å². The highest BCUT2D eigenvalue weighted by Crippen LogP contribution is 2.42. The van der Waals surface area contributed by atoms with Crippen molar-refractivity contribution in [2.45, 2.75) is 0 Å². The first-order chi connectivity index (χ1) is 12.7. The van der Waals surface area contributed by atoms with Crippen molar-refractivity contribution in [2.75, 3.05) is 0 Å². The van der Waals surface area contributed by atoms with Crippen molar-refractivity contribution in [3.8, 4) is 17.2 Å². The van der Waals surface area contributed by atoms with Crippen LogP contribution in [0.1, 0.15) is 21.5 Å². The van der Waals surface area contributed by atoms with E-state index in [4.69, 9.17) is 14.9 Å². The van der Waals surface area contributed by atoms with E-state index in [0.717, 1.165) is 5.56 Å². The second kappa shape index (κ2) is 6.34. The minimum atomic E-state index is -0.592. The average Bonchev–Trinajstić information content (AvgIpc) is 2.85. The van der Waals surface area contributed by atoms with Crippen LogP contribution in [0.4, 0.5) is 5.69 Å². The van der Waals surface area contributed by atoms with Gasteiger partial charge in [-0.3, -0.25) is 10.0 Å². The smallest absolute Gasteiger partial charge is 0.274 e. The molecule has 0 saturated heterocycles. The summed E-state index contributed by atoms with van der Waals surface area (Å²) < 4.78 is 5.90. The summed E-state index contributed by atoms with van der Waals surface area (Å²) in [5.74, 6) is 0.296. The molecular weight excluding hydrogens is 332 g/mol. The number of phenolic OH excluding ortho intramolecular Hbond substituents is 1. The predicted molar refractivity (Wildman–Crippen MR) is 95.6 cm³/mol. The monoisotopic (exact) mass is 346 g/mol. The largest absolute Gasteiger partial charge is 0.504 e. The number of phenols is 1. The van der Waals surface area contributed by atoms with Crippen molar-refractivity contribution in [3.63, 3.8) is 0 Å². The third-order valence-corrected chi connectivity index (χ3v) is 4.08. The van der Waals surface area contributed by atoms with Crippen LogP contribution in [-0.2, 0) is 0 Å². The van der Waals surface area contributed by atoms with E-state index in [1.807, 2.05) is 24.3 Å². The van der Waals surface area contributed by atoms with Gasteiger partial charge in [-0.2, -0.15) is 0 Å². The zero-order valence-electron chi connectivity index (χ0n) is 13.5. The Morgan fingerprint density at radius 2 is 1.73 bits per heavy atom. The molecule has 0 aromatic heterocycles. The molecule has 26 heavy (non-hydrogen) atoms. The first kappa shape index (κ1) is 15.9. The lowest BCUT2D eigenvalue weighted by Crippen LogP contribution is -2.18. The van der Waals surface area contributed by atoms with E-state index in [2.05, 4.69) is 0 Å². The number of hydroxylamine groups is 1. The number of benzene rings is 3. The number of para-hydroxylation sites is 3. The predicted octanol–water partition coefficient (Wildman–Crippen LogP) is 3.79. The Kier molecular flexibility index (Phi) is 3.87. The summed E-state index contributed by atoms with van der Waals surface area (Å²) in [5, 5.41) is 19.0. The van der Waals surface area contributed by atoms with Gasteiger partial charge in [-0.1, -0.05) is 30.3 Å². The molecule has 4 rings (SSSR count). The molecule has 1 heterocycles. The number of hydrogen-bond donors (Lipinski definition) is 3. The Labute approximate surface area is 149 Å². The Morgan fingerprint density at radius 3 is 2.50 bits per heavy atom. The first-order valence-corrected chi connectivity index (χ1v) is 7.90. The van der Waals surface area contributed by atoms with Crippen LogP contribution in [0.15, 0.2) is 71.7 Å². The highest BCUT2D eigenvalue weighted by atomic mass is 16.5. The van der Waals surface area contributed by atoms with Gasteiger partial charge < -0.3 is 9.84 Å². The lowest BCUT2D eigenvalue weighted by molar-refractivity contribution is 0.0706. The molecule has 0 radical (unpaired) electrons. The minimum Gasteiger partial charge on any atom is -0.504 e. The zero-order chi connectivity index (χ0) is 18.1. The molecule has 0 bridgehead atoms. The number of hydrogen-bond acceptors (Lipinski definition) is 5. The second-order valence-electron chi connectivity index (χ2n) is 5.70. The summed E-state index contributed by atoms with van der Waals surface area (Å²) in [5.41, 5.74) is 4.55. The molecule has 128 valence electrons. The van der Waals surface area contributed by atoms with Crippen molar-refractivity contribution in [1.29, 1.82) is 0 Å². The van der Waals surface area contributed by atoms with Gasteiger partial charge in [0.1, 0.15) is 5.69 Å². The third kappa shape index (κ3) is 2.68. The number of rotatable bonds is 2. The summed E-state index contributed by atoms with van der Waals surface area (Å²) in [6, 6.07) is 19.0. The van der Waals surface area contributed by atoms with Crippen LogP contribution in [-0.4, -0.2) is 21.9 Å². The van der Waals surface area contributed by atoms with Crippen molar-refractivity contribution in [1.82, 2.24) is 5.48 Å². The van der Waals surface area contributed by atoms with Gasteiger partial charge in [0.05, 0.1) is 5.71 Å². The van der Waals surface area contributed by atoms with E-state index in [0.29, 0.717) is 34.0 Å². The molecule has 0 saturated carbocycles. The van der Waals surface area contributed by atoms with Gasteiger partial charge in [0.25, 0.3) is 5.91 Å². The number of carbonyl (C=O) groups is 1. The van der Waals surface area contributed by atoms with E-state index in [1.54, 1.807) is 47.9 Å². The van der Waals surface area contributed by atoms with Gasteiger partial charge in [0, 0.05) is 16.7 Å². The average molecular weight is 346 g/mol. The first-order valence-electron chi connectivity index (χ1n) is 7.90. The number of ether oxygens (including phenoxy) is 1. The number of nitrogens with zero attached hydrogens (tertiary/aromatic N) is 1. The van der Waals surface area contributed by atoms with Crippen molar-refractivity contribution < 1.29 is 19.8 Å². The molecule has 1 amide bonds. The number of amides is 1. The Hall–Kier alpha value is -3.64. The minimum absolute atomic E-state index is 0.0168. The standard InChI is InChI=1S/C20H14N2O4/c23-16-6-3-4-14-18(12-8-10-13(11-9-12)20(24)22-25)21-15-5-1-2-7-17(15)26-19(14)16/h1-11,23,25H,(H,22,24). The van der Waals surface area contributed by atoms with E-state index >= 15 is 0 Å². The SMILES string of the molecule is O=C(NO)c1ccc(C2=Nc3ccccc3Oc3c(O)cccc32)cc1. The summed E-state index contributed by atoms with van der Waals surface area (Å²) >= 11 is 0. The van der Waals surface area contributed by atoms with Gasteiger partial charge >= 0.3 is 0 Å². The van der Waals surface area contributed by atoms with Crippen LogP contribution in [0.25, 0.3) is 0 Å². The van der Waals surface area contributed by atoms with Gasteiger partial charge in [-0.25, -0.2) is 10.5 Å². The number of nitrogens with one attached hydrogen (secondary N) is 1. The van der Waals surface area contributed by atoms with Gasteiger partial charge in [-0.05, 0) is 36.4 Å². The fraction of sp³-hybridized carbons (Fsp3) is 0. The Balaban J connectivity index is 1.90. The van der Waals surface area contributed by atoms with Crippen LogP contribution in [0, 0.1) is 0 Å². The molecule has 0 unspecified atom stereocenters. The number of aromatic hydroxyl groups is 1. The molecule has 0 spiro atoms. The van der Waals surface area contributed by atoms with Gasteiger partial charge in [-0.15, -0.1) is 0 Å². The summed E-state index contributed by atoms with van der Waals surface area (Å²) in [4.78, 5) is 16.2. The van der Waals surface area contributed by atoms with E-state index in [-0.39, 0.29) is 5.75 Å². The second-order valence-corrected chi connectivity index (χ2v) is 5.70. The molecule has 0 fully saturated rings. The van der Waals surface area contributed by atoms with Crippen molar-refractivity contribution in [3.05, 3.63) is 83.4 Å². The fourth-order valence-corrected chi connectivity index (χ4v) is 2.81. The maximum absolute atomic E-state index is 11.5. The van der Waals surface area contributed by atoms with E-state index in [1.165, 1.54) is 0 Å². The van der Waals surface area contributed by atoms with Crippen molar-refractivity contribution in [2.24, 2.45) is 4.99 Å². The third-order valence-electron chi connectivity index (χ3n) is 4.08. The maximum Gasteiger partial charge on any atom is 0.274 e. The normalized spacial score (nSPS) is 12.1. The number of aliphatic imine (C=N–C) groups is 1. The quantitative estimate of drug-likeness (QED) is 0.380. The summed E-state index contributed by atoms with van der Waals surface area (Å²) in [6.07, 6.45) is 0. The molecule has 3 aromatic rings. The molecule has 3 N–H and O–H groups in total. The van der Waals surface area contributed by atoms with Crippen LogP contribution in [0.5, 0.6) is 17.2 Å². The van der Waals surface area contributed by atoms with Crippen molar-refractivity contribution >= 4 is 17.3 Å². The van der Waals surface area contributed by atoms with Gasteiger partial charge in [0.15, 0.2) is 17.2 Å².